The van der Waals surface area contributed by atoms with Crippen LogP contribution in [0, 0.1) is 0 Å². The highest BCUT2D eigenvalue weighted by atomic mass is 16.3. The molecule has 0 aliphatic heterocycles. The summed E-state index contributed by atoms with van der Waals surface area (Å²) in [6, 6.07) is 0. The lowest BCUT2D eigenvalue weighted by Gasteiger charge is -2.09. The van der Waals surface area contributed by atoms with Gasteiger partial charge in [-0.15, -0.1) is 0 Å². The molecular formula is C10H6O6. The van der Waals surface area contributed by atoms with E-state index < -0.39 is 33.8 Å². The summed E-state index contributed by atoms with van der Waals surface area (Å²) in [5.74, 6) is -1.60. The van der Waals surface area contributed by atoms with Crippen molar-refractivity contribution in [1.29, 1.82) is 0 Å². The number of phenolic OH excluding ortho intramolecular Hbond substituents is 2. The Hall–Kier alpha value is -2.50. The largest absolute Gasteiger partial charge is 0.506 e. The zero-order chi connectivity index (χ0) is 12.3. The van der Waals surface area contributed by atoms with E-state index in [0.717, 1.165) is 0 Å². The van der Waals surface area contributed by atoms with Gasteiger partial charge < -0.3 is 10.2 Å². The van der Waals surface area contributed by atoms with Gasteiger partial charge in [0.2, 0.25) is 0 Å². The number of aldehydes is 4. The van der Waals surface area contributed by atoms with Crippen LogP contribution in [-0.2, 0) is 0 Å². The summed E-state index contributed by atoms with van der Waals surface area (Å²) in [7, 11) is 0. The van der Waals surface area contributed by atoms with Gasteiger partial charge in [-0.05, 0) is 0 Å². The van der Waals surface area contributed by atoms with Crippen LogP contribution < -0.4 is 0 Å². The van der Waals surface area contributed by atoms with Crippen LogP contribution in [-0.4, -0.2) is 35.4 Å². The van der Waals surface area contributed by atoms with Gasteiger partial charge in [0.15, 0.2) is 25.1 Å². The Kier molecular flexibility index (Phi) is 3.14. The highest BCUT2D eigenvalue weighted by Crippen LogP contribution is 2.33. The van der Waals surface area contributed by atoms with E-state index in [1.165, 1.54) is 0 Å². The third kappa shape index (κ3) is 1.46. The van der Waals surface area contributed by atoms with Gasteiger partial charge in [-0.3, -0.25) is 19.2 Å². The maximum absolute atomic E-state index is 10.6. The molecule has 0 saturated heterocycles. The number of rotatable bonds is 4. The van der Waals surface area contributed by atoms with Gasteiger partial charge in [-0.2, -0.15) is 0 Å². The standard InChI is InChI=1S/C10H6O6/c11-1-5-6(2-12)10(16)8(4-14)7(3-13)9(5)15/h1-4,15-16H. The fraction of sp³-hybridized carbons (Fsp3) is 0. The molecule has 0 aromatic heterocycles. The smallest absolute Gasteiger partial charge is 0.154 e. The fourth-order valence-corrected chi connectivity index (χ4v) is 1.28. The number of carbonyl (C=O) groups excluding carboxylic acids is 4. The Morgan fingerprint density at radius 1 is 0.562 bits per heavy atom. The highest BCUT2D eigenvalue weighted by molar-refractivity contribution is 6.05. The van der Waals surface area contributed by atoms with Crippen LogP contribution >= 0.6 is 0 Å². The van der Waals surface area contributed by atoms with Gasteiger partial charge >= 0.3 is 0 Å². The Morgan fingerprint density at radius 3 is 0.875 bits per heavy atom. The molecule has 1 rings (SSSR count). The van der Waals surface area contributed by atoms with Crippen molar-refractivity contribution in [3.8, 4) is 11.5 Å². The molecule has 0 radical (unpaired) electrons. The molecule has 0 bridgehead atoms. The average molecular weight is 222 g/mol. The van der Waals surface area contributed by atoms with Crippen LogP contribution in [0.1, 0.15) is 41.4 Å². The van der Waals surface area contributed by atoms with Gasteiger partial charge in [0.1, 0.15) is 11.5 Å². The molecular weight excluding hydrogens is 216 g/mol. The highest BCUT2D eigenvalue weighted by Gasteiger charge is 2.22. The summed E-state index contributed by atoms with van der Waals surface area (Å²) in [6.07, 6.45) is 0.446. The third-order valence-corrected chi connectivity index (χ3v) is 2.07. The normalized spacial score (nSPS) is 9.50. The van der Waals surface area contributed by atoms with Crippen LogP contribution in [0.2, 0.25) is 0 Å². The van der Waals surface area contributed by atoms with Crippen molar-refractivity contribution in [1.82, 2.24) is 0 Å². The SMILES string of the molecule is O=Cc1c(O)c(C=O)c(C=O)c(O)c1C=O. The maximum Gasteiger partial charge on any atom is 0.154 e. The topological polar surface area (TPSA) is 109 Å². The fourth-order valence-electron chi connectivity index (χ4n) is 1.28. The lowest BCUT2D eigenvalue weighted by Crippen LogP contribution is -2.02. The number of hydrogen-bond donors (Lipinski definition) is 2. The molecule has 6 heteroatoms. The summed E-state index contributed by atoms with van der Waals surface area (Å²) in [4.78, 5) is 42.4. The molecule has 0 unspecified atom stereocenters. The Labute approximate surface area is 89.1 Å². The van der Waals surface area contributed by atoms with Gasteiger partial charge in [-0.25, -0.2) is 0 Å². The molecule has 16 heavy (non-hydrogen) atoms. The second kappa shape index (κ2) is 4.35. The Morgan fingerprint density at radius 2 is 0.750 bits per heavy atom. The van der Waals surface area contributed by atoms with Crippen LogP contribution in [0.15, 0.2) is 0 Å². The first-order chi connectivity index (χ1) is 7.62. The molecule has 0 aliphatic rings. The van der Waals surface area contributed by atoms with E-state index in [2.05, 4.69) is 0 Å². The molecule has 1 aromatic carbocycles. The quantitative estimate of drug-likeness (QED) is 0.561. The minimum Gasteiger partial charge on any atom is -0.506 e. The number of carbonyl (C=O) groups is 4. The summed E-state index contributed by atoms with van der Waals surface area (Å²) in [5.41, 5.74) is -2.11. The molecule has 0 saturated carbocycles. The average Bonchev–Trinajstić information content (AvgIpc) is 2.30. The molecule has 0 spiro atoms. The molecule has 0 heterocycles. The zero-order valence-electron chi connectivity index (χ0n) is 7.84. The van der Waals surface area contributed by atoms with Crippen LogP contribution in [0.3, 0.4) is 0 Å². The second-order valence-corrected chi connectivity index (χ2v) is 2.82. The van der Waals surface area contributed by atoms with E-state index in [9.17, 15) is 29.4 Å². The van der Waals surface area contributed by atoms with Gasteiger partial charge in [-0.1, -0.05) is 0 Å². The lowest BCUT2D eigenvalue weighted by atomic mass is 9.97. The van der Waals surface area contributed by atoms with E-state index in [-0.39, 0.29) is 25.1 Å². The first-order valence-electron chi connectivity index (χ1n) is 4.04. The van der Waals surface area contributed by atoms with Crippen LogP contribution in [0.4, 0.5) is 0 Å². The van der Waals surface area contributed by atoms with E-state index >= 15 is 0 Å². The first kappa shape index (κ1) is 11.6. The minimum absolute atomic E-state index is 0.111. The number of phenols is 2. The first-order valence-corrected chi connectivity index (χ1v) is 4.04. The Bertz CT molecular complexity index is 403. The molecule has 82 valence electrons. The predicted molar refractivity (Wildman–Crippen MR) is 51.3 cm³/mol. The van der Waals surface area contributed by atoms with Gasteiger partial charge in [0.25, 0.3) is 0 Å². The third-order valence-electron chi connectivity index (χ3n) is 2.07. The van der Waals surface area contributed by atoms with E-state index in [1.807, 2.05) is 0 Å². The molecule has 0 fully saturated rings. The molecule has 2 N–H and O–H groups in total. The van der Waals surface area contributed by atoms with E-state index in [0.29, 0.717) is 0 Å². The van der Waals surface area contributed by atoms with Crippen molar-refractivity contribution in [2.45, 2.75) is 0 Å². The monoisotopic (exact) mass is 222 g/mol. The Balaban J connectivity index is 3.88. The number of hydrogen-bond acceptors (Lipinski definition) is 6. The number of benzene rings is 1. The van der Waals surface area contributed by atoms with Crippen molar-refractivity contribution in [2.24, 2.45) is 0 Å². The van der Waals surface area contributed by atoms with Crippen molar-refractivity contribution < 1.29 is 29.4 Å². The summed E-state index contributed by atoms with van der Waals surface area (Å²) in [6.45, 7) is 0. The summed E-state index contributed by atoms with van der Waals surface area (Å²) < 4.78 is 0. The van der Waals surface area contributed by atoms with Crippen molar-refractivity contribution >= 4 is 25.1 Å². The van der Waals surface area contributed by atoms with Crippen molar-refractivity contribution in [3.05, 3.63) is 22.3 Å². The predicted octanol–water partition coefficient (Wildman–Crippen LogP) is 0.348. The second-order valence-electron chi connectivity index (χ2n) is 2.82. The van der Waals surface area contributed by atoms with E-state index in [4.69, 9.17) is 0 Å². The van der Waals surface area contributed by atoms with Crippen LogP contribution in [0.5, 0.6) is 11.5 Å². The van der Waals surface area contributed by atoms with E-state index in [1.54, 1.807) is 0 Å². The van der Waals surface area contributed by atoms with Gasteiger partial charge in [0, 0.05) is 0 Å². The maximum atomic E-state index is 10.6. The summed E-state index contributed by atoms with van der Waals surface area (Å²) in [5, 5.41) is 18.9. The minimum atomic E-state index is -0.799. The molecule has 1 aromatic rings. The molecule has 0 aliphatic carbocycles. The van der Waals surface area contributed by atoms with Crippen LogP contribution in [0.25, 0.3) is 0 Å². The summed E-state index contributed by atoms with van der Waals surface area (Å²) >= 11 is 0. The van der Waals surface area contributed by atoms with Gasteiger partial charge in [0.05, 0.1) is 22.3 Å². The molecule has 6 nitrogen and oxygen atoms in total. The lowest BCUT2D eigenvalue weighted by molar-refractivity contribution is 0.107. The van der Waals surface area contributed by atoms with Crippen molar-refractivity contribution in [3.63, 3.8) is 0 Å². The molecule has 0 amide bonds. The zero-order valence-corrected chi connectivity index (χ0v) is 7.84. The molecule has 0 atom stereocenters. The number of aromatic hydroxyl groups is 2. The van der Waals surface area contributed by atoms with Crippen molar-refractivity contribution in [2.75, 3.05) is 0 Å².